The summed E-state index contributed by atoms with van der Waals surface area (Å²) in [6.45, 7) is 0. The standard InChI is InChI=1S/C62H43N/c1-3-12-44(13-4-1)46-22-24-47(25-23-46)48-28-35-57(36-29-48)63(58-37-30-49(31-38-58)54-19-11-20-55(42-54)56-27-26-45-14-7-8-18-53(45)43-56)59-39-32-52(33-40-59)62-60-21-10-9-17-51(60)34-41-61(62)50-15-5-2-6-16-50/h1-43H/i28D,29D,32D,33D,35D,36D,39D,40D. The van der Waals surface area contributed by atoms with Crippen LogP contribution in [0.2, 0.25) is 0 Å². The van der Waals surface area contributed by atoms with Crippen LogP contribution in [0.1, 0.15) is 11.0 Å². The Bertz CT molecular complexity index is 3780. The van der Waals surface area contributed by atoms with Crippen LogP contribution in [-0.2, 0) is 0 Å². The van der Waals surface area contributed by atoms with Gasteiger partial charge in [0, 0.05) is 17.1 Å². The Hall–Kier alpha value is -8.26. The summed E-state index contributed by atoms with van der Waals surface area (Å²) in [7, 11) is 0. The molecule has 0 saturated heterocycles. The summed E-state index contributed by atoms with van der Waals surface area (Å²) in [6, 6.07) is 65.7. The largest absolute Gasteiger partial charge is 0.311 e. The SMILES string of the molecule is [2H]c1c([2H])c(N(c2ccc(-c3cccc(-c4ccc5ccccc5c4)c3)cc2)c2c([2H])c([2H])c(-c3c(-c4ccccc4)ccc4ccccc34)c([2H])c2[2H])c([2H])c([2H])c1-c1ccc(-c2ccccc2)cc1. The topological polar surface area (TPSA) is 3.24 Å². The van der Waals surface area contributed by atoms with E-state index >= 15 is 0 Å². The Kier molecular flexibility index (Phi) is 7.90. The van der Waals surface area contributed by atoms with Crippen LogP contribution < -0.4 is 4.90 Å². The molecule has 11 aromatic carbocycles. The maximum atomic E-state index is 9.84. The molecule has 1 nitrogen and oxygen atoms in total. The average molecular weight is 810 g/mol. The Balaban J connectivity index is 1.09. The Labute approximate surface area is 380 Å². The lowest BCUT2D eigenvalue weighted by molar-refractivity contribution is 1.28. The van der Waals surface area contributed by atoms with Crippen molar-refractivity contribution in [2.45, 2.75) is 0 Å². The molecular formula is C62H43N. The fourth-order valence-corrected chi connectivity index (χ4v) is 8.38. The van der Waals surface area contributed by atoms with Crippen LogP contribution in [0, 0.1) is 0 Å². The highest BCUT2D eigenvalue weighted by molar-refractivity contribution is 6.04. The lowest BCUT2D eigenvalue weighted by Crippen LogP contribution is -2.09. The molecule has 11 rings (SSSR count). The molecule has 0 N–H and O–H groups in total. The predicted octanol–water partition coefficient (Wildman–Crippen LogP) is 17.5. The first-order chi connectivity index (χ1) is 34.6. The van der Waals surface area contributed by atoms with Gasteiger partial charge in [0.25, 0.3) is 0 Å². The van der Waals surface area contributed by atoms with Gasteiger partial charge >= 0.3 is 0 Å². The summed E-state index contributed by atoms with van der Waals surface area (Å²) < 4.78 is 77.5. The van der Waals surface area contributed by atoms with Gasteiger partial charge in [-0.3, -0.25) is 0 Å². The van der Waals surface area contributed by atoms with Crippen molar-refractivity contribution in [3.63, 3.8) is 0 Å². The van der Waals surface area contributed by atoms with Crippen LogP contribution in [-0.4, -0.2) is 0 Å². The minimum absolute atomic E-state index is 0.101. The molecule has 0 amide bonds. The van der Waals surface area contributed by atoms with Gasteiger partial charge in [-0.2, -0.15) is 0 Å². The Morgan fingerprint density at radius 1 is 0.254 bits per heavy atom. The quantitative estimate of drug-likeness (QED) is 0.140. The molecular weight excluding hydrogens is 759 g/mol. The van der Waals surface area contributed by atoms with E-state index in [4.69, 9.17) is 0 Å². The number of rotatable bonds is 9. The van der Waals surface area contributed by atoms with Gasteiger partial charge in [0.15, 0.2) is 0 Å². The summed E-state index contributed by atoms with van der Waals surface area (Å²) in [5.41, 5.74) is 8.54. The Morgan fingerprint density at radius 3 is 1.38 bits per heavy atom. The van der Waals surface area contributed by atoms with E-state index < -0.39 is 24.2 Å². The van der Waals surface area contributed by atoms with Crippen LogP contribution in [0.4, 0.5) is 17.1 Å². The monoisotopic (exact) mass is 809 g/mol. The second-order valence-electron chi connectivity index (χ2n) is 15.5. The molecule has 1 heteroatoms. The third kappa shape index (κ3) is 7.58. The van der Waals surface area contributed by atoms with Crippen molar-refractivity contribution in [2.24, 2.45) is 0 Å². The van der Waals surface area contributed by atoms with E-state index in [0.717, 1.165) is 66.1 Å². The zero-order chi connectivity index (χ0) is 48.9. The van der Waals surface area contributed by atoms with Crippen molar-refractivity contribution in [3.05, 3.63) is 261 Å². The van der Waals surface area contributed by atoms with E-state index in [0.29, 0.717) is 16.8 Å². The van der Waals surface area contributed by atoms with E-state index in [1.807, 2.05) is 146 Å². The molecule has 0 aliphatic rings. The third-order valence-corrected chi connectivity index (χ3v) is 11.6. The van der Waals surface area contributed by atoms with E-state index in [-0.39, 0.29) is 46.7 Å². The summed E-state index contributed by atoms with van der Waals surface area (Å²) in [5.74, 6) is 0. The lowest BCUT2D eigenvalue weighted by Gasteiger charge is -2.26. The van der Waals surface area contributed by atoms with Crippen molar-refractivity contribution in [1.29, 1.82) is 0 Å². The van der Waals surface area contributed by atoms with Gasteiger partial charge in [-0.1, -0.05) is 212 Å². The normalized spacial score (nSPS) is 13.0. The van der Waals surface area contributed by atoms with Crippen molar-refractivity contribution in [3.8, 4) is 66.8 Å². The van der Waals surface area contributed by atoms with Gasteiger partial charge in [-0.15, -0.1) is 0 Å². The van der Waals surface area contributed by atoms with Crippen molar-refractivity contribution < 1.29 is 11.0 Å². The molecule has 0 aliphatic carbocycles. The molecule has 296 valence electrons. The highest BCUT2D eigenvalue weighted by atomic mass is 15.1. The fraction of sp³-hybridized carbons (Fsp3) is 0. The van der Waals surface area contributed by atoms with Crippen LogP contribution in [0.15, 0.2) is 261 Å². The van der Waals surface area contributed by atoms with E-state index in [1.165, 1.54) is 4.90 Å². The molecule has 0 aromatic heterocycles. The lowest BCUT2D eigenvalue weighted by atomic mass is 9.89. The predicted molar refractivity (Wildman–Crippen MR) is 269 cm³/mol. The number of fused-ring (bicyclic) bond motifs is 2. The van der Waals surface area contributed by atoms with Crippen LogP contribution in [0.3, 0.4) is 0 Å². The van der Waals surface area contributed by atoms with Gasteiger partial charge in [0.2, 0.25) is 0 Å². The average Bonchev–Trinajstić information content (AvgIpc) is 3.42. The molecule has 0 heterocycles. The second kappa shape index (κ2) is 16.7. The zero-order valence-electron chi connectivity index (χ0n) is 42.2. The summed E-state index contributed by atoms with van der Waals surface area (Å²) in [6.07, 6.45) is 0. The van der Waals surface area contributed by atoms with Crippen molar-refractivity contribution >= 4 is 38.6 Å². The van der Waals surface area contributed by atoms with Crippen molar-refractivity contribution in [1.82, 2.24) is 0 Å². The molecule has 11 aromatic rings. The first kappa shape index (κ1) is 29.9. The highest BCUT2D eigenvalue weighted by Crippen LogP contribution is 2.42. The van der Waals surface area contributed by atoms with E-state index in [1.54, 1.807) is 24.3 Å². The van der Waals surface area contributed by atoms with Crippen LogP contribution in [0.5, 0.6) is 0 Å². The first-order valence-electron chi connectivity index (χ1n) is 25.0. The number of hydrogen-bond acceptors (Lipinski definition) is 1. The minimum atomic E-state index is -0.405. The maximum absolute atomic E-state index is 9.84. The smallest absolute Gasteiger partial charge is 0.0645 e. The second-order valence-corrected chi connectivity index (χ2v) is 15.5. The molecule has 0 fully saturated rings. The number of nitrogens with zero attached hydrogens (tertiary/aromatic N) is 1. The molecule has 63 heavy (non-hydrogen) atoms. The number of hydrogen-bond donors (Lipinski definition) is 0. The van der Waals surface area contributed by atoms with E-state index in [2.05, 4.69) is 42.5 Å². The van der Waals surface area contributed by atoms with Gasteiger partial charge in [-0.05, 0) is 137 Å². The summed E-state index contributed by atoms with van der Waals surface area (Å²) in [4.78, 5) is 1.37. The van der Waals surface area contributed by atoms with Crippen molar-refractivity contribution in [2.75, 3.05) is 4.90 Å². The van der Waals surface area contributed by atoms with Crippen LogP contribution in [0.25, 0.3) is 88.3 Å². The summed E-state index contributed by atoms with van der Waals surface area (Å²) in [5, 5.41) is 3.92. The zero-order valence-corrected chi connectivity index (χ0v) is 34.2. The maximum Gasteiger partial charge on any atom is 0.0645 e. The minimum Gasteiger partial charge on any atom is -0.311 e. The molecule has 0 radical (unpaired) electrons. The van der Waals surface area contributed by atoms with Gasteiger partial charge in [0.05, 0.1) is 11.0 Å². The van der Waals surface area contributed by atoms with Crippen LogP contribution >= 0.6 is 0 Å². The Morgan fingerprint density at radius 2 is 0.698 bits per heavy atom. The first-order valence-corrected chi connectivity index (χ1v) is 21.0. The van der Waals surface area contributed by atoms with Gasteiger partial charge < -0.3 is 4.90 Å². The molecule has 0 bridgehead atoms. The number of benzene rings is 11. The third-order valence-electron chi connectivity index (χ3n) is 11.6. The molecule has 0 saturated carbocycles. The molecule has 0 spiro atoms. The molecule has 0 unspecified atom stereocenters. The molecule has 0 atom stereocenters. The highest BCUT2D eigenvalue weighted by Gasteiger charge is 2.17. The van der Waals surface area contributed by atoms with E-state index in [9.17, 15) is 11.0 Å². The van der Waals surface area contributed by atoms with Gasteiger partial charge in [-0.25, -0.2) is 0 Å². The van der Waals surface area contributed by atoms with Gasteiger partial charge in [0.1, 0.15) is 0 Å². The summed E-state index contributed by atoms with van der Waals surface area (Å²) >= 11 is 0. The molecule has 0 aliphatic heterocycles. The number of anilines is 3. The fourth-order valence-electron chi connectivity index (χ4n) is 8.38.